The van der Waals surface area contributed by atoms with E-state index in [1.54, 1.807) is 16.7 Å². The van der Waals surface area contributed by atoms with Gasteiger partial charge in [0.1, 0.15) is 11.6 Å². The molecule has 0 aliphatic heterocycles. The van der Waals surface area contributed by atoms with Crippen LogP contribution in [0.5, 0.6) is 0 Å². The average Bonchev–Trinajstić information content (AvgIpc) is 3.16. The summed E-state index contributed by atoms with van der Waals surface area (Å²) in [4.78, 5) is 5.33. The summed E-state index contributed by atoms with van der Waals surface area (Å²) in [7, 11) is 0. The van der Waals surface area contributed by atoms with Crippen LogP contribution in [0.4, 0.5) is 13.9 Å². The Bertz CT molecular complexity index is 810. The third-order valence-corrected chi connectivity index (χ3v) is 4.63. The van der Waals surface area contributed by atoms with Gasteiger partial charge in [-0.05, 0) is 30.5 Å². The van der Waals surface area contributed by atoms with Gasteiger partial charge < -0.3 is 0 Å². The second-order valence-corrected chi connectivity index (χ2v) is 6.25. The summed E-state index contributed by atoms with van der Waals surface area (Å²) in [5, 5.41) is 8.48. The molecule has 0 saturated heterocycles. The van der Waals surface area contributed by atoms with E-state index in [1.807, 2.05) is 24.4 Å². The highest BCUT2D eigenvalue weighted by atomic mass is 32.1. The number of benzene rings is 1. The molecule has 0 bridgehead atoms. The number of hydrazone groups is 1. The Hall–Kier alpha value is -2.12. The lowest BCUT2D eigenvalue weighted by atomic mass is 10.1. The first-order chi connectivity index (χ1) is 10.6. The lowest BCUT2D eigenvalue weighted by Crippen LogP contribution is -1.97. The lowest BCUT2D eigenvalue weighted by molar-refractivity contribution is 0.585. The number of thiazole rings is 1. The van der Waals surface area contributed by atoms with Gasteiger partial charge in [0.2, 0.25) is 5.13 Å². The van der Waals surface area contributed by atoms with Gasteiger partial charge in [-0.15, -0.1) is 22.7 Å². The molecule has 3 aromatic rings. The third kappa shape index (κ3) is 3.20. The molecule has 3 rings (SSSR count). The van der Waals surface area contributed by atoms with Crippen molar-refractivity contribution >= 4 is 33.5 Å². The first kappa shape index (κ1) is 14.8. The maximum Gasteiger partial charge on any atom is 0.203 e. The van der Waals surface area contributed by atoms with Crippen molar-refractivity contribution in [3.8, 4) is 11.3 Å². The van der Waals surface area contributed by atoms with Crippen molar-refractivity contribution in [3.63, 3.8) is 0 Å². The highest BCUT2D eigenvalue weighted by Crippen LogP contribution is 2.27. The molecular formula is C15H11F2N3S2. The van der Waals surface area contributed by atoms with Gasteiger partial charge in [-0.3, -0.25) is 5.43 Å². The molecule has 0 aliphatic rings. The molecule has 0 spiro atoms. The average molecular weight is 335 g/mol. The van der Waals surface area contributed by atoms with Gasteiger partial charge >= 0.3 is 0 Å². The van der Waals surface area contributed by atoms with E-state index in [9.17, 15) is 8.78 Å². The highest BCUT2D eigenvalue weighted by molar-refractivity contribution is 7.14. The molecule has 0 amide bonds. The van der Waals surface area contributed by atoms with Crippen molar-refractivity contribution < 1.29 is 8.78 Å². The van der Waals surface area contributed by atoms with Gasteiger partial charge in [0.25, 0.3) is 0 Å². The van der Waals surface area contributed by atoms with E-state index in [-0.39, 0.29) is 5.56 Å². The first-order valence-electron chi connectivity index (χ1n) is 6.38. The second kappa shape index (κ2) is 6.33. The zero-order valence-corrected chi connectivity index (χ0v) is 13.1. The van der Waals surface area contributed by atoms with Gasteiger partial charge in [0.15, 0.2) is 0 Å². The molecule has 112 valence electrons. The predicted molar refractivity (Wildman–Crippen MR) is 87.6 cm³/mol. The van der Waals surface area contributed by atoms with Crippen molar-refractivity contribution in [2.75, 3.05) is 5.43 Å². The van der Waals surface area contributed by atoms with E-state index in [4.69, 9.17) is 0 Å². The van der Waals surface area contributed by atoms with E-state index < -0.39 is 11.6 Å². The van der Waals surface area contributed by atoms with Crippen molar-refractivity contribution in [1.82, 2.24) is 4.98 Å². The molecule has 0 saturated carbocycles. The fourth-order valence-corrected chi connectivity index (χ4v) is 3.15. The van der Waals surface area contributed by atoms with Crippen molar-refractivity contribution in [3.05, 3.63) is 57.6 Å². The molecule has 1 N–H and O–H groups in total. The molecule has 0 radical (unpaired) electrons. The number of nitrogens with one attached hydrogen (secondary N) is 1. The molecule has 22 heavy (non-hydrogen) atoms. The molecule has 1 aromatic carbocycles. The predicted octanol–water partition coefficient (Wildman–Crippen LogP) is 4.99. The maximum absolute atomic E-state index is 13.7. The SMILES string of the molecule is C/C(=N/Nc1nc(-c2ccc(F)cc2F)cs1)c1cccs1. The number of halogens is 2. The van der Waals surface area contributed by atoms with E-state index in [1.165, 1.54) is 23.5 Å². The Morgan fingerprint density at radius 3 is 2.82 bits per heavy atom. The van der Waals surface area contributed by atoms with Crippen LogP contribution in [0.1, 0.15) is 11.8 Å². The van der Waals surface area contributed by atoms with E-state index in [2.05, 4.69) is 15.5 Å². The van der Waals surface area contributed by atoms with Crippen LogP contribution in [-0.2, 0) is 0 Å². The minimum Gasteiger partial charge on any atom is -0.252 e. The minimum atomic E-state index is -0.630. The van der Waals surface area contributed by atoms with Gasteiger partial charge in [-0.1, -0.05) is 6.07 Å². The molecule has 2 aromatic heterocycles. The fourth-order valence-electron chi connectivity index (χ4n) is 1.82. The van der Waals surface area contributed by atoms with Crippen LogP contribution in [0.2, 0.25) is 0 Å². The monoisotopic (exact) mass is 335 g/mol. The summed E-state index contributed by atoms with van der Waals surface area (Å²) >= 11 is 2.91. The Morgan fingerprint density at radius 1 is 1.23 bits per heavy atom. The molecule has 2 heterocycles. The number of anilines is 1. The first-order valence-corrected chi connectivity index (χ1v) is 8.14. The topological polar surface area (TPSA) is 37.3 Å². The number of thiophene rings is 1. The van der Waals surface area contributed by atoms with Crippen LogP contribution in [0.25, 0.3) is 11.3 Å². The molecule has 0 fully saturated rings. The highest BCUT2D eigenvalue weighted by Gasteiger charge is 2.10. The molecule has 7 heteroatoms. The van der Waals surface area contributed by atoms with Crippen LogP contribution in [0, 0.1) is 11.6 Å². The Balaban J connectivity index is 1.78. The Morgan fingerprint density at radius 2 is 2.09 bits per heavy atom. The van der Waals surface area contributed by atoms with Crippen molar-refractivity contribution in [2.24, 2.45) is 5.10 Å². The molecule has 0 atom stereocenters. The van der Waals surface area contributed by atoms with Gasteiger partial charge in [-0.25, -0.2) is 13.8 Å². The number of nitrogens with zero attached hydrogens (tertiary/aromatic N) is 2. The normalized spacial score (nSPS) is 11.7. The lowest BCUT2D eigenvalue weighted by Gasteiger charge is -1.99. The number of aromatic nitrogens is 1. The number of rotatable bonds is 4. The summed E-state index contributed by atoms with van der Waals surface area (Å²) in [5.41, 5.74) is 4.43. The summed E-state index contributed by atoms with van der Waals surface area (Å²) < 4.78 is 26.6. The summed E-state index contributed by atoms with van der Waals surface area (Å²) in [6, 6.07) is 7.37. The van der Waals surface area contributed by atoms with Crippen LogP contribution >= 0.6 is 22.7 Å². The van der Waals surface area contributed by atoms with Crippen LogP contribution in [-0.4, -0.2) is 10.7 Å². The zero-order valence-electron chi connectivity index (χ0n) is 11.5. The van der Waals surface area contributed by atoms with Gasteiger partial charge in [-0.2, -0.15) is 5.10 Å². The van der Waals surface area contributed by atoms with E-state index in [0.29, 0.717) is 10.8 Å². The zero-order chi connectivity index (χ0) is 15.5. The summed E-state index contributed by atoms with van der Waals surface area (Å²) in [6.07, 6.45) is 0. The van der Waals surface area contributed by atoms with E-state index >= 15 is 0 Å². The smallest absolute Gasteiger partial charge is 0.203 e. The summed E-state index contributed by atoms with van der Waals surface area (Å²) in [6.45, 7) is 1.90. The van der Waals surface area contributed by atoms with Crippen LogP contribution in [0.15, 0.2) is 46.2 Å². The fraction of sp³-hybridized carbons (Fsp3) is 0.0667. The standard InChI is InChI=1S/C15H11F2N3S2/c1-9(14-3-2-6-21-14)19-20-15-18-13(8-22-15)11-5-4-10(16)7-12(11)17/h2-8H,1H3,(H,18,20)/b19-9-. The largest absolute Gasteiger partial charge is 0.252 e. The quantitative estimate of drug-likeness (QED) is 0.539. The Labute approximate surface area is 134 Å². The molecule has 0 unspecified atom stereocenters. The van der Waals surface area contributed by atoms with E-state index in [0.717, 1.165) is 16.7 Å². The van der Waals surface area contributed by atoms with Crippen molar-refractivity contribution in [2.45, 2.75) is 6.92 Å². The van der Waals surface area contributed by atoms with Crippen LogP contribution in [0.3, 0.4) is 0 Å². The summed E-state index contributed by atoms with van der Waals surface area (Å²) in [5.74, 6) is -1.24. The van der Waals surface area contributed by atoms with Crippen molar-refractivity contribution in [1.29, 1.82) is 0 Å². The van der Waals surface area contributed by atoms with Gasteiger partial charge in [0.05, 0.1) is 11.4 Å². The third-order valence-electron chi connectivity index (χ3n) is 2.91. The van der Waals surface area contributed by atoms with Gasteiger partial charge in [0, 0.05) is 21.9 Å². The van der Waals surface area contributed by atoms with Crippen LogP contribution < -0.4 is 5.43 Å². The minimum absolute atomic E-state index is 0.268. The molecular weight excluding hydrogens is 324 g/mol. The molecule has 3 nitrogen and oxygen atoms in total. The maximum atomic E-state index is 13.7. The molecule has 0 aliphatic carbocycles. The second-order valence-electron chi connectivity index (χ2n) is 4.45. The number of hydrogen-bond donors (Lipinski definition) is 1. The Kier molecular flexibility index (Phi) is 4.26. The number of hydrogen-bond acceptors (Lipinski definition) is 5.